The smallest absolute Gasteiger partial charge is 0.303 e. The maximum atomic E-state index is 13.1. The molecule has 4 rings (SSSR count). The lowest BCUT2D eigenvalue weighted by Gasteiger charge is -2.25. The lowest BCUT2D eigenvalue weighted by atomic mass is 9.86. The monoisotopic (exact) mass is 558 g/mol. The second kappa shape index (κ2) is 12.5. The number of hydrogen-bond donors (Lipinski definition) is 2. The fraction of sp³-hybridized carbons (Fsp3) is 0.364. The Morgan fingerprint density at radius 3 is 2.34 bits per heavy atom. The fourth-order valence-corrected chi connectivity index (χ4v) is 5.08. The number of carbonyl (C=O) groups is 2. The molecule has 1 fully saturated rings. The molecule has 1 saturated heterocycles. The molecule has 0 radical (unpaired) electrons. The van der Waals surface area contributed by atoms with Gasteiger partial charge < -0.3 is 24.5 Å². The normalized spacial score (nSPS) is 15.7. The Bertz CT molecular complexity index is 1500. The number of H-pyrrole nitrogens is 1. The van der Waals surface area contributed by atoms with Crippen molar-refractivity contribution in [1.82, 2.24) is 9.88 Å². The van der Waals surface area contributed by atoms with Crippen LogP contribution in [0, 0.1) is 0 Å². The number of nitrogens with zero attached hydrogens (tertiary/aromatic N) is 1. The van der Waals surface area contributed by atoms with Crippen LogP contribution in [-0.4, -0.2) is 47.1 Å². The van der Waals surface area contributed by atoms with Crippen molar-refractivity contribution >= 4 is 17.4 Å². The first kappa shape index (κ1) is 29.6. The Morgan fingerprint density at radius 2 is 1.73 bits per heavy atom. The van der Waals surface area contributed by atoms with Gasteiger partial charge in [0.25, 0.3) is 5.56 Å². The molecule has 0 spiro atoms. The summed E-state index contributed by atoms with van der Waals surface area (Å²) in [5.41, 5.74) is 4.46. The summed E-state index contributed by atoms with van der Waals surface area (Å²) in [6.07, 6.45) is 3.14. The van der Waals surface area contributed by atoms with Gasteiger partial charge in [-0.2, -0.15) is 0 Å². The molecule has 0 saturated carbocycles. The number of methoxy groups -OCH3 is 2. The Morgan fingerprint density at radius 1 is 1.02 bits per heavy atom. The molecule has 8 heteroatoms. The summed E-state index contributed by atoms with van der Waals surface area (Å²) >= 11 is 0. The van der Waals surface area contributed by atoms with Crippen LogP contribution in [0.4, 0.5) is 0 Å². The van der Waals surface area contributed by atoms with E-state index >= 15 is 0 Å². The molecule has 3 aromatic rings. The number of carbonyl (C=O) groups excluding carboxylic acids is 1. The SMILES string of the molecule is COc1ccc(CN2C(=O)CC[C@@H]2/C=C(/c2ccc(C(C)(C)C)cc2)c2ccc(CCC(=O)O)c(=O)[nH]2)c(OC)c1. The van der Waals surface area contributed by atoms with Gasteiger partial charge >= 0.3 is 5.97 Å². The maximum Gasteiger partial charge on any atom is 0.303 e. The molecule has 41 heavy (non-hydrogen) atoms. The molecular formula is C33H38N2O6. The number of pyridine rings is 1. The number of rotatable bonds is 10. The maximum absolute atomic E-state index is 13.1. The second-order valence-electron chi connectivity index (χ2n) is 11.3. The standard InChI is InChI=1S/C33H38N2O6/c1-33(2,3)24-11-6-21(7-12-24)27(28-15-9-22(32(39)34-28)10-17-31(37)38)18-25-13-16-30(36)35(25)20-23-8-14-26(40-4)19-29(23)41-5/h6-9,11-12,14-15,18-19,25H,10,13,16-17,20H2,1-5H3,(H,34,39)(H,37,38)/b27-18-/t25-/m1/s1. The Hall–Kier alpha value is -4.33. The van der Waals surface area contributed by atoms with Crippen LogP contribution in [0.3, 0.4) is 0 Å². The van der Waals surface area contributed by atoms with Gasteiger partial charge in [0.15, 0.2) is 0 Å². The molecule has 1 aliphatic rings. The first-order chi connectivity index (χ1) is 19.5. The predicted octanol–water partition coefficient (Wildman–Crippen LogP) is 5.33. The van der Waals surface area contributed by atoms with E-state index in [1.165, 1.54) is 5.56 Å². The minimum Gasteiger partial charge on any atom is -0.497 e. The van der Waals surface area contributed by atoms with Gasteiger partial charge in [0.05, 0.1) is 20.3 Å². The number of nitrogens with one attached hydrogen (secondary N) is 1. The van der Waals surface area contributed by atoms with E-state index in [9.17, 15) is 14.4 Å². The second-order valence-corrected chi connectivity index (χ2v) is 11.3. The van der Waals surface area contributed by atoms with Gasteiger partial charge in [-0.05, 0) is 47.6 Å². The van der Waals surface area contributed by atoms with Crippen LogP contribution in [-0.2, 0) is 28.0 Å². The molecule has 2 aromatic carbocycles. The van der Waals surface area contributed by atoms with Gasteiger partial charge in [0.2, 0.25) is 5.91 Å². The van der Waals surface area contributed by atoms with Crippen molar-refractivity contribution in [3.05, 3.63) is 99.0 Å². The number of amides is 1. The number of aliphatic carboxylic acids is 1. The highest BCUT2D eigenvalue weighted by molar-refractivity contribution is 5.82. The number of ether oxygens (including phenoxy) is 2. The van der Waals surface area contributed by atoms with Gasteiger partial charge in [0, 0.05) is 47.8 Å². The van der Waals surface area contributed by atoms with Crippen molar-refractivity contribution in [3.63, 3.8) is 0 Å². The molecule has 1 aromatic heterocycles. The van der Waals surface area contributed by atoms with Crippen molar-refractivity contribution in [1.29, 1.82) is 0 Å². The fourth-order valence-electron chi connectivity index (χ4n) is 5.08. The first-order valence-corrected chi connectivity index (χ1v) is 13.8. The van der Waals surface area contributed by atoms with E-state index in [4.69, 9.17) is 14.6 Å². The van der Waals surface area contributed by atoms with Crippen LogP contribution in [0.15, 0.2) is 65.5 Å². The molecular weight excluding hydrogens is 520 g/mol. The van der Waals surface area contributed by atoms with Crippen LogP contribution >= 0.6 is 0 Å². The summed E-state index contributed by atoms with van der Waals surface area (Å²) in [6.45, 7) is 6.83. The number of aromatic nitrogens is 1. The van der Waals surface area contributed by atoms with Crippen LogP contribution in [0.2, 0.25) is 0 Å². The summed E-state index contributed by atoms with van der Waals surface area (Å²) < 4.78 is 10.9. The van der Waals surface area contributed by atoms with E-state index in [1.807, 2.05) is 35.2 Å². The molecule has 8 nitrogen and oxygen atoms in total. The molecule has 0 bridgehead atoms. The first-order valence-electron chi connectivity index (χ1n) is 13.8. The third-order valence-electron chi connectivity index (χ3n) is 7.52. The van der Waals surface area contributed by atoms with E-state index in [0.717, 1.165) is 16.7 Å². The van der Waals surface area contributed by atoms with Gasteiger partial charge in [-0.25, -0.2) is 0 Å². The number of aromatic amines is 1. The molecule has 0 unspecified atom stereocenters. The number of carboxylic acids is 1. The molecule has 2 N–H and O–H groups in total. The molecule has 2 heterocycles. The van der Waals surface area contributed by atoms with Gasteiger partial charge in [0.1, 0.15) is 11.5 Å². The number of aryl methyl sites for hydroxylation is 1. The van der Waals surface area contributed by atoms with E-state index in [2.05, 4.69) is 44.0 Å². The van der Waals surface area contributed by atoms with Crippen LogP contribution in [0.5, 0.6) is 11.5 Å². The van der Waals surface area contributed by atoms with Crippen molar-refractivity contribution < 1.29 is 24.2 Å². The molecule has 1 aliphatic heterocycles. The van der Waals surface area contributed by atoms with Crippen LogP contribution < -0.4 is 15.0 Å². The summed E-state index contributed by atoms with van der Waals surface area (Å²) in [5.74, 6) is 0.411. The Labute approximate surface area is 240 Å². The topological polar surface area (TPSA) is 109 Å². The zero-order valence-electron chi connectivity index (χ0n) is 24.3. The zero-order chi connectivity index (χ0) is 29.7. The third kappa shape index (κ3) is 7.06. The van der Waals surface area contributed by atoms with Gasteiger partial charge in [-0.1, -0.05) is 57.2 Å². The average Bonchev–Trinajstić information content (AvgIpc) is 3.29. The highest BCUT2D eigenvalue weighted by Gasteiger charge is 2.31. The third-order valence-corrected chi connectivity index (χ3v) is 7.52. The van der Waals surface area contributed by atoms with Crippen molar-refractivity contribution in [2.75, 3.05) is 14.2 Å². The Kier molecular flexibility index (Phi) is 9.01. The Balaban J connectivity index is 1.74. The summed E-state index contributed by atoms with van der Waals surface area (Å²) in [5, 5.41) is 9.04. The van der Waals surface area contributed by atoms with E-state index in [-0.39, 0.29) is 35.8 Å². The lowest BCUT2D eigenvalue weighted by Crippen LogP contribution is -2.31. The average molecular weight is 559 g/mol. The lowest BCUT2D eigenvalue weighted by molar-refractivity contribution is -0.137. The van der Waals surface area contributed by atoms with Gasteiger partial charge in [-0.15, -0.1) is 0 Å². The van der Waals surface area contributed by atoms with Gasteiger partial charge in [-0.3, -0.25) is 14.4 Å². The van der Waals surface area contributed by atoms with Crippen molar-refractivity contribution in [3.8, 4) is 11.5 Å². The number of benzene rings is 2. The minimum atomic E-state index is -0.951. The number of likely N-dealkylation sites (tertiary alicyclic amines) is 1. The molecule has 216 valence electrons. The predicted molar refractivity (Wildman–Crippen MR) is 158 cm³/mol. The quantitative estimate of drug-likeness (QED) is 0.348. The largest absolute Gasteiger partial charge is 0.497 e. The van der Waals surface area contributed by atoms with Crippen LogP contribution in [0.25, 0.3) is 5.57 Å². The highest BCUT2D eigenvalue weighted by atomic mass is 16.5. The van der Waals surface area contributed by atoms with Crippen LogP contribution in [0.1, 0.15) is 68.0 Å². The zero-order valence-corrected chi connectivity index (χ0v) is 24.3. The minimum absolute atomic E-state index is 0.0192. The van der Waals surface area contributed by atoms with E-state index in [1.54, 1.807) is 26.4 Å². The van der Waals surface area contributed by atoms with Crippen molar-refractivity contribution in [2.24, 2.45) is 0 Å². The number of hydrogen-bond acceptors (Lipinski definition) is 5. The summed E-state index contributed by atoms with van der Waals surface area (Å²) in [6, 6.07) is 17.1. The molecule has 0 aliphatic carbocycles. The van der Waals surface area contributed by atoms with E-state index < -0.39 is 5.97 Å². The van der Waals surface area contributed by atoms with E-state index in [0.29, 0.717) is 42.1 Å². The summed E-state index contributed by atoms with van der Waals surface area (Å²) in [4.78, 5) is 41.8. The van der Waals surface area contributed by atoms with Crippen molar-refractivity contribution in [2.45, 2.75) is 64.5 Å². The molecule has 1 amide bonds. The number of carboxylic acid groups (broad SMARTS) is 1. The molecule has 1 atom stereocenters. The highest BCUT2D eigenvalue weighted by Crippen LogP contribution is 2.33. The summed E-state index contributed by atoms with van der Waals surface area (Å²) in [7, 11) is 3.19.